The van der Waals surface area contributed by atoms with Gasteiger partial charge in [0.25, 0.3) is 11.8 Å². The number of nitrogens with zero attached hydrogens (tertiary/aromatic N) is 2. The number of fused-ring (bicyclic) bond motifs is 1. The second kappa shape index (κ2) is 14.9. The molecule has 1 saturated heterocycles. The molecule has 0 aromatic heterocycles. The van der Waals surface area contributed by atoms with Gasteiger partial charge in [-0.2, -0.15) is 0 Å². The summed E-state index contributed by atoms with van der Waals surface area (Å²) in [5.41, 5.74) is 4.38. The van der Waals surface area contributed by atoms with Gasteiger partial charge in [0.2, 0.25) is 0 Å². The zero-order valence-corrected chi connectivity index (χ0v) is 26.0. The molecule has 0 radical (unpaired) electrons. The third kappa shape index (κ3) is 7.71. The van der Waals surface area contributed by atoms with Crippen LogP contribution in [0.15, 0.2) is 72.8 Å². The number of likely N-dealkylation sites (tertiary alicyclic amines) is 1. The third-order valence-corrected chi connectivity index (χ3v) is 8.20. The fourth-order valence-electron chi connectivity index (χ4n) is 5.62. The maximum Gasteiger partial charge on any atom is 0.513 e. The van der Waals surface area contributed by atoms with E-state index in [1.807, 2.05) is 59.5 Å². The topological polar surface area (TPSA) is 109 Å². The van der Waals surface area contributed by atoms with Crippen molar-refractivity contribution < 1.29 is 28.6 Å². The molecular weight excluding hydrogens is 572 g/mol. The van der Waals surface area contributed by atoms with Crippen LogP contribution in [0.2, 0.25) is 0 Å². The van der Waals surface area contributed by atoms with Gasteiger partial charge in [0, 0.05) is 42.5 Å². The number of rotatable bonds is 11. The lowest BCUT2D eigenvalue weighted by Crippen LogP contribution is -2.41. The Morgan fingerprint density at radius 2 is 1.67 bits per heavy atom. The molecule has 2 amide bonds. The Morgan fingerprint density at radius 1 is 0.956 bits per heavy atom. The predicted octanol–water partition coefficient (Wildman–Crippen LogP) is 5.73. The normalized spacial score (nSPS) is 15.8. The van der Waals surface area contributed by atoms with Crippen molar-refractivity contribution in [3.8, 4) is 5.75 Å². The highest BCUT2D eigenvalue weighted by atomic mass is 16.7. The quantitative estimate of drug-likeness (QED) is 0.161. The van der Waals surface area contributed by atoms with Gasteiger partial charge in [0.1, 0.15) is 5.75 Å². The van der Waals surface area contributed by atoms with Gasteiger partial charge in [-0.3, -0.25) is 9.59 Å². The first-order chi connectivity index (χ1) is 21.9. The number of amides is 2. The number of ether oxygens (including phenoxy) is 3. The van der Waals surface area contributed by atoms with Gasteiger partial charge in [-0.1, -0.05) is 44.2 Å². The lowest BCUT2D eigenvalue weighted by atomic mass is 9.99. The van der Waals surface area contributed by atoms with Gasteiger partial charge in [-0.15, -0.1) is 0 Å². The van der Waals surface area contributed by atoms with E-state index >= 15 is 0 Å². The van der Waals surface area contributed by atoms with Crippen LogP contribution in [-0.4, -0.2) is 80.3 Å². The standard InChI is InChI=1S/C35H40N4O6/c1-4-38(5-2)21-22-44-27-17-19-39(20-18-27)34(41)25-11-13-26(14-12-25)36-32(24-9-7-6-8-10-24)31-29-16-15-28(45-35(42)43-3)23-30(29)37-33(31)40/h6-16,23,27,36H,4-5,17-22H2,1-3H3,(H,37,40)/b32-31-. The molecule has 5 rings (SSSR count). The SMILES string of the molecule is CCN(CC)CCOC1CCN(C(=O)c2ccc(N/C(=C3\C(=O)Nc4cc(OC(=O)OC)ccc43)c3ccccc3)cc2)CC1. The van der Waals surface area contributed by atoms with Crippen LogP contribution in [0.1, 0.15) is 48.2 Å². The number of nitrogens with one attached hydrogen (secondary N) is 2. The van der Waals surface area contributed by atoms with Gasteiger partial charge in [-0.25, -0.2) is 4.79 Å². The Labute approximate surface area is 263 Å². The number of anilines is 2. The van der Waals surface area contributed by atoms with E-state index in [1.54, 1.807) is 18.2 Å². The number of benzene rings is 3. The monoisotopic (exact) mass is 612 g/mol. The Bertz CT molecular complexity index is 1530. The Hall–Kier alpha value is -4.67. The molecule has 0 atom stereocenters. The number of likely N-dealkylation sites (N-methyl/N-ethyl adjacent to an activating group) is 1. The van der Waals surface area contributed by atoms with Gasteiger partial charge in [-0.05, 0) is 67.9 Å². The number of hydrogen-bond acceptors (Lipinski definition) is 8. The van der Waals surface area contributed by atoms with E-state index in [1.165, 1.54) is 7.11 Å². The molecule has 2 N–H and O–H groups in total. The molecule has 0 saturated carbocycles. The van der Waals surface area contributed by atoms with Crippen molar-refractivity contribution in [1.82, 2.24) is 9.80 Å². The Kier molecular flexibility index (Phi) is 10.5. The van der Waals surface area contributed by atoms with E-state index in [0.29, 0.717) is 47.8 Å². The number of hydrogen-bond donors (Lipinski definition) is 2. The number of methoxy groups -OCH3 is 1. The Morgan fingerprint density at radius 3 is 2.33 bits per heavy atom. The molecule has 2 heterocycles. The van der Waals surface area contributed by atoms with Crippen molar-refractivity contribution in [3.05, 3.63) is 89.5 Å². The van der Waals surface area contributed by atoms with Crippen LogP contribution in [0.3, 0.4) is 0 Å². The van der Waals surface area contributed by atoms with Crippen molar-refractivity contribution in [1.29, 1.82) is 0 Å². The highest BCUT2D eigenvalue weighted by molar-refractivity contribution is 6.37. The van der Waals surface area contributed by atoms with E-state index in [0.717, 1.165) is 43.7 Å². The molecule has 0 spiro atoms. The molecule has 10 heteroatoms. The average molecular weight is 613 g/mol. The van der Waals surface area contributed by atoms with Gasteiger partial charge >= 0.3 is 6.16 Å². The zero-order valence-electron chi connectivity index (χ0n) is 26.0. The highest BCUT2D eigenvalue weighted by Gasteiger charge is 2.29. The second-order valence-corrected chi connectivity index (χ2v) is 10.9. The molecule has 236 valence electrons. The summed E-state index contributed by atoms with van der Waals surface area (Å²) in [6.07, 6.45) is 1.00. The molecule has 1 fully saturated rings. The van der Waals surface area contributed by atoms with E-state index < -0.39 is 6.16 Å². The van der Waals surface area contributed by atoms with Gasteiger partial charge in [0.15, 0.2) is 0 Å². The van der Waals surface area contributed by atoms with E-state index in [9.17, 15) is 14.4 Å². The van der Waals surface area contributed by atoms with Crippen LogP contribution < -0.4 is 15.4 Å². The van der Waals surface area contributed by atoms with Crippen LogP contribution >= 0.6 is 0 Å². The summed E-state index contributed by atoms with van der Waals surface area (Å²) < 4.78 is 15.8. The third-order valence-electron chi connectivity index (χ3n) is 8.20. The van der Waals surface area contributed by atoms with E-state index in [-0.39, 0.29) is 23.7 Å². The molecular formula is C35H40N4O6. The smallest absolute Gasteiger partial charge is 0.437 e. The van der Waals surface area contributed by atoms with E-state index in [4.69, 9.17) is 9.47 Å². The molecule has 0 aliphatic carbocycles. The van der Waals surface area contributed by atoms with Crippen molar-refractivity contribution in [3.63, 3.8) is 0 Å². The fourth-order valence-corrected chi connectivity index (χ4v) is 5.62. The van der Waals surface area contributed by atoms with Crippen molar-refractivity contribution >= 4 is 40.6 Å². The average Bonchev–Trinajstić information content (AvgIpc) is 3.40. The Balaban J connectivity index is 1.28. The lowest BCUT2D eigenvalue weighted by Gasteiger charge is -2.32. The maximum atomic E-state index is 13.3. The second-order valence-electron chi connectivity index (χ2n) is 10.9. The molecule has 3 aromatic rings. The summed E-state index contributed by atoms with van der Waals surface area (Å²) in [5.74, 6) is -0.0404. The maximum absolute atomic E-state index is 13.3. The van der Waals surface area contributed by atoms with Crippen LogP contribution in [0, 0.1) is 0 Å². The number of carbonyl (C=O) groups excluding carboxylic acids is 3. The van der Waals surface area contributed by atoms with Crippen molar-refractivity contribution in [2.24, 2.45) is 0 Å². The highest BCUT2D eigenvalue weighted by Crippen LogP contribution is 2.39. The van der Waals surface area contributed by atoms with Crippen LogP contribution in [-0.2, 0) is 14.3 Å². The minimum Gasteiger partial charge on any atom is -0.437 e. The fraction of sp³-hybridized carbons (Fsp3) is 0.343. The summed E-state index contributed by atoms with van der Waals surface area (Å²) in [6, 6.07) is 21.8. The zero-order chi connectivity index (χ0) is 31.8. The summed E-state index contributed by atoms with van der Waals surface area (Å²) in [6.45, 7) is 9.33. The largest absolute Gasteiger partial charge is 0.513 e. The van der Waals surface area contributed by atoms with E-state index in [2.05, 4.69) is 34.1 Å². The molecule has 0 unspecified atom stereocenters. The summed E-state index contributed by atoms with van der Waals surface area (Å²) >= 11 is 0. The van der Waals surface area contributed by atoms with Gasteiger partial charge in [0.05, 0.1) is 36.8 Å². The van der Waals surface area contributed by atoms with Crippen LogP contribution in [0.5, 0.6) is 5.75 Å². The number of carbonyl (C=O) groups is 3. The first-order valence-electron chi connectivity index (χ1n) is 15.4. The predicted molar refractivity (Wildman–Crippen MR) is 174 cm³/mol. The van der Waals surface area contributed by atoms with Crippen molar-refractivity contribution in [2.45, 2.75) is 32.8 Å². The van der Waals surface area contributed by atoms with Gasteiger partial charge < -0.3 is 34.6 Å². The van der Waals surface area contributed by atoms with Crippen LogP contribution in [0.25, 0.3) is 11.3 Å². The molecule has 0 bridgehead atoms. The minimum absolute atomic E-state index is 0.00106. The molecule has 2 aliphatic heterocycles. The first kappa shape index (κ1) is 31.7. The summed E-state index contributed by atoms with van der Waals surface area (Å²) in [4.78, 5) is 42.4. The minimum atomic E-state index is -0.844. The molecule has 45 heavy (non-hydrogen) atoms. The molecule has 2 aliphatic rings. The molecule has 10 nitrogen and oxygen atoms in total. The number of piperidine rings is 1. The lowest BCUT2D eigenvalue weighted by molar-refractivity contribution is -0.110. The van der Waals surface area contributed by atoms with Crippen molar-refractivity contribution in [2.75, 3.05) is 57.1 Å². The summed E-state index contributed by atoms with van der Waals surface area (Å²) in [5, 5.41) is 6.29. The molecule has 3 aromatic carbocycles. The summed E-state index contributed by atoms with van der Waals surface area (Å²) in [7, 11) is 1.23. The van der Waals surface area contributed by atoms with Crippen LogP contribution in [0.4, 0.5) is 16.2 Å². The first-order valence-corrected chi connectivity index (χ1v) is 15.4.